The number of methoxy groups -OCH3 is 1. The molecule has 1 heterocycles. The molecule has 3 amide bonds. The number of nitrogens with zero attached hydrogens (tertiary/aromatic N) is 1. The van der Waals surface area contributed by atoms with Crippen LogP contribution in [0.25, 0.3) is 0 Å². The SMILES string of the molecule is COCCNC(=O)C(C)NC(=O)N1C[C@H](O)C[C@@H]1C(=O)O. The summed E-state index contributed by atoms with van der Waals surface area (Å²) < 4.78 is 4.78. The zero-order valence-corrected chi connectivity index (χ0v) is 12.0. The number of likely N-dealkylation sites (tertiary alicyclic amines) is 1. The Balaban J connectivity index is 2.51. The molecule has 1 saturated heterocycles. The van der Waals surface area contributed by atoms with Crippen LogP contribution in [0.2, 0.25) is 0 Å². The molecule has 0 aromatic carbocycles. The van der Waals surface area contributed by atoms with Crippen molar-refractivity contribution in [2.45, 2.75) is 31.5 Å². The van der Waals surface area contributed by atoms with Crippen LogP contribution >= 0.6 is 0 Å². The highest BCUT2D eigenvalue weighted by atomic mass is 16.5. The molecule has 0 saturated carbocycles. The Morgan fingerprint density at radius 1 is 1.43 bits per heavy atom. The average molecular weight is 303 g/mol. The second-order valence-electron chi connectivity index (χ2n) is 4.85. The standard InChI is InChI=1S/C12H21N3O6/c1-7(10(17)13-3-4-21-2)14-12(20)15-6-8(16)5-9(15)11(18)19/h7-9,16H,3-6H2,1-2H3,(H,13,17)(H,14,20)(H,18,19)/t7?,8-,9-/m1/s1. The molecule has 21 heavy (non-hydrogen) atoms. The molecule has 0 aromatic rings. The Morgan fingerprint density at radius 3 is 2.67 bits per heavy atom. The molecule has 1 unspecified atom stereocenters. The van der Waals surface area contributed by atoms with Gasteiger partial charge in [0.25, 0.3) is 0 Å². The van der Waals surface area contributed by atoms with Gasteiger partial charge in [-0.25, -0.2) is 9.59 Å². The molecule has 0 radical (unpaired) electrons. The minimum absolute atomic E-state index is 0.0167. The summed E-state index contributed by atoms with van der Waals surface area (Å²) in [6.45, 7) is 2.09. The van der Waals surface area contributed by atoms with Gasteiger partial charge in [0.05, 0.1) is 12.7 Å². The number of aliphatic hydroxyl groups is 1. The predicted octanol–water partition coefficient (Wildman–Crippen LogP) is -1.63. The van der Waals surface area contributed by atoms with E-state index in [1.807, 2.05) is 0 Å². The van der Waals surface area contributed by atoms with Crippen molar-refractivity contribution in [2.75, 3.05) is 26.8 Å². The van der Waals surface area contributed by atoms with Crippen LogP contribution in [0.5, 0.6) is 0 Å². The Bertz CT molecular complexity index is 402. The van der Waals surface area contributed by atoms with Crippen molar-refractivity contribution in [1.29, 1.82) is 0 Å². The average Bonchev–Trinajstić information content (AvgIpc) is 2.81. The number of aliphatic hydroxyl groups excluding tert-OH is 1. The molecule has 0 bridgehead atoms. The van der Waals surface area contributed by atoms with Gasteiger partial charge in [0.2, 0.25) is 5.91 Å². The maximum atomic E-state index is 12.0. The molecule has 120 valence electrons. The first-order valence-electron chi connectivity index (χ1n) is 6.61. The van der Waals surface area contributed by atoms with E-state index in [1.165, 1.54) is 14.0 Å². The molecule has 9 heteroatoms. The highest BCUT2D eigenvalue weighted by Crippen LogP contribution is 2.18. The molecular formula is C12H21N3O6. The van der Waals surface area contributed by atoms with Gasteiger partial charge in [-0.05, 0) is 6.92 Å². The van der Waals surface area contributed by atoms with Crippen LogP contribution in [0, 0.1) is 0 Å². The topological polar surface area (TPSA) is 128 Å². The van der Waals surface area contributed by atoms with Crippen LogP contribution in [0.1, 0.15) is 13.3 Å². The van der Waals surface area contributed by atoms with Gasteiger partial charge in [0.15, 0.2) is 0 Å². The minimum Gasteiger partial charge on any atom is -0.480 e. The van der Waals surface area contributed by atoms with Crippen molar-refractivity contribution in [1.82, 2.24) is 15.5 Å². The van der Waals surface area contributed by atoms with Crippen LogP contribution in [0.3, 0.4) is 0 Å². The van der Waals surface area contributed by atoms with Crippen LogP contribution in [-0.2, 0) is 14.3 Å². The van der Waals surface area contributed by atoms with Crippen molar-refractivity contribution < 1.29 is 29.3 Å². The van der Waals surface area contributed by atoms with Crippen molar-refractivity contribution in [2.24, 2.45) is 0 Å². The van der Waals surface area contributed by atoms with E-state index >= 15 is 0 Å². The van der Waals surface area contributed by atoms with Gasteiger partial charge in [0, 0.05) is 26.6 Å². The number of hydrogen-bond acceptors (Lipinski definition) is 5. The molecule has 3 atom stereocenters. The largest absolute Gasteiger partial charge is 0.480 e. The minimum atomic E-state index is -1.18. The summed E-state index contributed by atoms with van der Waals surface area (Å²) in [6.07, 6.45) is -0.889. The van der Waals surface area contributed by atoms with E-state index < -0.39 is 36.1 Å². The number of carbonyl (C=O) groups is 3. The van der Waals surface area contributed by atoms with E-state index in [2.05, 4.69) is 10.6 Å². The quantitative estimate of drug-likeness (QED) is 0.436. The Kier molecular flexibility index (Phi) is 6.38. The van der Waals surface area contributed by atoms with E-state index in [1.54, 1.807) is 0 Å². The van der Waals surface area contributed by atoms with Crippen LogP contribution in [0.4, 0.5) is 4.79 Å². The van der Waals surface area contributed by atoms with E-state index in [-0.39, 0.29) is 13.0 Å². The zero-order valence-electron chi connectivity index (χ0n) is 12.0. The van der Waals surface area contributed by atoms with Gasteiger partial charge in [-0.2, -0.15) is 0 Å². The van der Waals surface area contributed by atoms with E-state index in [0.717, 1.165) is 4.90 Å². The van der Waals surface area contributed by atoms with Crippen LogP contribution in [-0.4, -0.2) is 78.0 Å². The van der Waals surface area contributed by atoms with Gasteiger partial charge >= 0.3 is 12.0 Å². The molecule has 1 aliphatic rings. The van der Waals surface area contributed by atoms with Gasteiger partial charge in [-0.15, -0.1) is 0 Å². The number of carbonyl (C=O) groups excluding carboxylic acids is 2. The molecule has 1 rings (SSSR count). The summed E-state index contributed by atoms with van der Waals surface area (Å²) in [5.41, 5.74) is 0. The normalized spacial score (nSPS) is 22.7. The zero-order chi connectivity index (χ0) is 16.0. The third-order valence-corrected chi connectivity index (χ3v) is 3.16. The fourth-order valence-corrected chi connectivity index (χ4v) is 2.04. The summed E-state index contributed by atoms with van der Waals surface area (Å²) in [4.78, 5) is 35.7. The molecule has 0 aromatic heterocycles. The van der Waals surface area contributed by atoms with E-state index in [0.29, 0.717) is 13.2 Å². The molecule has 1 aliphatic heterocycles. The molecule has 4 N–H and O–H groups in total. The molecular weight excluding hydrogens is 282 g/mol. The third-order valence-electron chi connectivity index (χ3n) is 3.16. The fraction of sp³-hybridized carbons (Fsp3) is 0.750. The lowest BCUT2D eigenvalue weighted by molar-refractivity contribution is -0.141. The van der Waals surface area contributed by atoms with Crippen molar-refractivity contribution in [3.63, 3.8) is 0 Å². The van der Waals surface area contributed by atoms with E-state index in [4.69, 9.17) is 9.84 Å². The third kappa shape index (κ3) is 4.87. The number of carboxylic acid groups (broad SMARTS) is 1. The number of urea groups is 1. The second-order valence-corrected chi connectivity index (χ2v) is 4.85. The number of amides is 3. The summed E-state index contributed by atoms with van der Waals surface area (Å²) in [5, 5.41) is 23.5. The Labute approximate surface area is 122 Å². The monoisotopic (exact) mass is 303 g/mol. The maximum Gasteiger partial charge on any atom is 0.326 e. The van der Waals surface area contributed by atoms with Crippen LogP contribution < -0.4 is 10.6 Å². The summed E-state index contributed by atoms with van der Waals surface area (Å²) in [6, 6.07) is -2.58. The summed E-state index contributed by atoms with van der Waals surface area (Å²) in [5.74, 6) is -1.58. The first kappa shape index (κ1) is 17.2. The Hall–Kier alpha value is -1.87. The lowest BCUT2D eigenvalue weighted by Gasteiger charge is -2.23. The number of nitrogens with one attached hydrogen (secondary N) is 2. The number of carboxylic acids is 1. The number of ether oxygens (including phenoxy) is 1. The number of hydrogen-bond donors (Lipinski definition) is 4. The summed E-state index contributed by atoms with van der Waals surface area (Å²) >= 11 is 0. The highest BCUT2D eigenvalue weighted by Gasteiger charge is 2.39. The predicted molar refractivity (Wildman–Crippen MR) is 71.6 cm³/mol. The van der Waals surface area contributed by atoms with Crippen molar-refractivity contribution in [3.05, 3.63) is 0 Å². The van der Waals surface area contributed by atoms with Gasteiger partial charge in [-0.3, -0.25) is 4.79 Å². The Morgan fingerprint density at radius 2 is 2.10 bits per heavy atom. The number of aliphatic carboxylic acids is 1. The molecule has 0 aliphatic carbocycles. The maximum absolute atomic E-state index is 12.0. The molecule has 0 spiro atoms. The summed E-state index contributed by atoms with van der Waals surface area (Å²) in [7, 11) is 1.50. The molecule has 1 fully saturated rings. The van der Waals surface area contributed by atoms with Gasteiger partial charge < -0.3 is 30.5 Å². The smallest absolute Gasteiger partial charge is 0.326 e. The lowest BCUT2D eigenvalue weighted by atomic mass is 10.2. The van der Waals surface area contributed by atoms with Crippen LogP contribution in [0.15, 0.2) is 0 Å². The van der Waals surface area contributed by atoms with Gasteiger partial charge in [-0.1, -0.05) is 0 Å². The first-order chi connectivity index (χ1) is 9.86. The van der Waals surface area contributed by atoms with E-state index in [9.17, 15) is 19.5 Å². The number of β-amino-alcohol motifs (C(OH)–C–C–N with tert-alkyl or cyclic N) is 1. The first-order valence-corrected chi connectivity index (χ1v) is 6.61. The second kappa shape index (κ2) is 7.79. The van der Waals surface area contributed by atoms with Gasteiger partial charge in [0.1, 0.15) is 12.1 Å². The van der Waals surface area contributed by atoms with Crippen molar-refractivity contribution in [3.8, 4) is 0 Å². The molecule has 9 nitrogen and oxygen atoms in total. The highest BCUT2D eigenvalue weighted by molar-refractivity contribution is 5.88. The van der Waals surface area contributed by atoms with Crippen molar-refractivity contribution >= 4 is 17.9 Å². The lowest BCUT2D eigenvalue weighted by Crippen LogP contribution is -2.52. The number of rotatable bonds is 6. The fourth-order valence-electron chi connectivity index (χ4n) is 2.04.